The second-order valence-electron chi connectivity index (χ2n) is 5.17. The fourth-order valence-corrected chi connectivity index (χ4v) is 2.57. The summed E-state index contributed by atoms with van der Waals surface area (Å²) in [5.41, 5.74) is 3.06. The molecule has 1 heterocycles. The van der Waals surface area contributed by atoms with E-state index in [1.807, 2.05) is 49.4 Å². The maximum atomic E-state index is 10.3. The smallest absolute Gasteiger partial charge is 0.127 e. The molecule has 0 saturated carbocycles. The van der Waals surface area contributed by atoms with Crippen molar-refractivity contribution in [3.8, 4) is 11.5 Å². The number of rotatable bonds is 2. The Hall–Kier alpha value is -2.00. The predicted molar refractivity (Wildman–Crippen MR) is 77.1 cm³/mol. The van der Waals surface area contributed by atoms with E-state index in [1.165, 1.54) is 0 Å². The van der Waals surface area contributed by atoms with Crippen LogP contribution in [-0.4, -0.2) is 12.2 Å². The summed E-state index contributed by atoms with van der Waals surface area (Å²) in [7, 11) is 1.65. The van der Waals surface area contributed by atoms with Crippen LogP contribution in [0.1, 0.15) is 35.3 Å². The summed E-state index contributed by atoms with van der Waals surface area (Å²) < 4.78 is 11.2. The Labute approximate surface area is 118 Å². The molecule has 0 aromatic heterocycles. The van der Waals surface area contributed by atoms with E-state index in [0.717, 1.165) is 28.2 Å². The molecular weight excluding hydrogens is 252 g/mol. The van der Waals surface area contributed by atoms with Gasteiger partial charge in [-0.1, -0.05) is 24.3 Å². The Bertz CT molecular complexity index is 604. The zero-order valence-corrected chi connectivity index (χ0v) is 11.7. The Morgan fingerprint density at radius 3 is 2.60 bits per heavy atom. The van der Waals surface area contributed by atoms with Crippen LogP contribution in [0.15, 0.2) is 42.5 Å². The van der Waals surface area contributed by atoms with E-state index in [4.69, 9.17) is 9.47 Å². The number of hydrogen-bond acceptors (Lipinski definition) is 3. The number of methoxy groups -OCH3 is 1. The molecule has 0 spiro atoms. The minimum absolute atomic E-state index is 0.120. The lowest BCUT2D eigenvalue weighted by Gasteiger charge is -2.30. The van der Waals surface area contributed by atoms with E-state index in [2.05, 4.69) is 0 Å². The first kappa shape index (κ1) is 13.0. The third-order valence-corrected chi connectivity index (χ3v) is 3.72. The van der Waals surface area contributed by atoms with Gasteiger partial charge in [0.25, 0.3) is 0 Å². The van der Waals surface area contributed by atoms with Gasteiger partial charge in [-0.3, -0.25) is 0 Å². The van der Waals surface area contributed by atoms with Crippen LogP contribution >= 0.6 is 0 Å². The van der Waals surface area contributed by atoms with Crippen LogP contribution in [0, 0.1) is 6.92 Å². The van der Waals surface area contributed by atoms with Crippen molar-refractivity contribution >= 4 is 0 Å². The fourth-order valence-electron chi connectivity index (χ4n) is 2.57. The monoisotopic (exact) mass is 270 g/mol. The van der Waals surface area contributed by atoms with Gasteiger partial charge in [0.15, 0.2) is 0 Å². The number of benzene rings is 2. The quantitative estimate of drug-likeness (QED) is 0.906. The van der Waals surface area contributed by atoms with Crippen molar-refractivity contribution in [3.05, 3.63) is 59.2 Å². The second kappa shape index (κ2) is 5.17. The Balaban J connectivity index is 1.89. The van der Waals surface area contributed by atoms with Crippen molar-refractivity contribution in [2.75, 3.05) is 7.11 Å². The van der Waals surface area contributed by atoms with Crippen molar-refractivity contribution in [1.82, 2.24) is 0 Å². The van der Waals surface area contributed by atoms with Gasteiger partial charge in [0.1, 0.15) is 17.6 Å². The molecule has 0 unspecified atom stereocenters. The molecule has 3 heteroatoms. The zero-order chi connectivity index (χ0) is 14.1. The molecule has 0 saturated heterocycles. The fraction of sp³-hybridized carbons (Fsp3) is 0.294. The van der Waals surface area contributed by atoms with Crippen LogP contribution in [0.4, 0.5) is 0 Å². The highest BCUT2D eigenvalue weighted by atomic mass is 16.5. The summed E-state index contributed by atoms with van der Waals surface area (Å²) in [4.78, 5) is 0. The summed E-state index contributed by atoms with van der Waals surface area (Å²) in [5, 5.41) is 10.3. The van der Waals surface area contributed by atoms with E-state index >= 15 is 0 Å². The molecule has 1 N–H and O–H groups in total. The summed E-state index contributed by atoms with van der Waals surface area (Å²) >= 11 is 0. The van der Waals surface area contributed by atoms with Crippen LogP contribution in [0.25, 0.3) is 0 Å². The predicted octanol–water partition coefficient (Wildman–Crippen LogP) is 3.56. The van der Waals surface area contributed by atoms with Gasteiger partial charge in [0.05, 0.1) is 13.2 Å². The summed E-state index contributed by atoms with van der Waals surface area (Å²) in [6.07, 6.45) is -0.0285. The van der Waals surface area contributed by atoms with E-state index in [0.29, 0.717) is 6.42 Å². The van der Waals surface area contributed by atoms with Gasteiger partial charge in [-0.25, -0.2) is 0 Å². The molecule has 3 rings (SSSR count). The molecular formula is C17H18O3. The van der Waals surface area contributed by atoms with Gasteiger partial charge < -0.3 is 14.6 Å². The molecule has 1 aliphatic rings. The Morgan fingerprint density at radius 1 is 1.15 bits per heavy atom. The summed E-state index contributed by atoms with van der Waals surface area (Å²) in [6.45, 7) is 2.02. The first-order valence-corrected chi connectivity index (χ1v) is 6.76. The van der Waals surface area contributed by atoms with Gasteiger partial charge in [0.2, 0.25) is 0 Å². The normalized spacial score (nSPS) is 20.9. The molecule has 0 radical (unpaired) electrons. The van der Waals surface area contributed by atoms with Gasteiger partial charge >= 0.3 is 0 Å². The Kier molecular flexibility index (Phi) is 3.36. The van der Waals surface area contributed by atoms with E-state index in [-0.39, 0.29) is 6.10 Å². The van der Waals surface area contributed by atoms with Gasteiger partial charge in [0, 0.05) is 12.0 Å². The molecule has 2 atom stereocenters. The van der Waals surface area contributed by atoms with Gasteiger partial charge in [-0.2, -0.15) is 0 Å². The van der Waals surface area contributed by atoms with Crippen molar-refractivity contribution in [2.24, 2.45) is 0 Å². The highest BCUT2D eigenvalue weighted by Gasteiger charge is 2.27. The highest BCUT2D eigenvalue weighted by Crippen LogP contribution is 2.41. The first-order chi connectivity index (χ1) is 9.67. The van der Waals surface area contributed by atoms with Crippen molar-refractivity contribution in [1.29, 1.82) is 0 Å². The van der Waals surface area contributed by atoms with Crippen molar-refractivity contribution < 1.29 is 14.6 Å². The SMILES string of the molecule is COc1ccc([C@H]2C[C@@H](O)c3ccc(C)cc3O2)cc1. The number of hydrogen-bond donors (Lipinski definition) is 1. The molecule has 0 aliphatic carbocycles. The third kappa shape index (κ3) is 2.37. The number of aliphatic hydroxyl groups is 1. The van der Waals surface area contributed by atoms with Crippen LogP contribution in [0.5, 0.6) is 11.5 Å². The molecule has 1 aliphatic heterocycles. The molecule has 0 fully saturated rings. The lowest BCUT2D eigenvalue weighted by molar-refractivity contribution is 0.0657. The highest BCUT2D eigenvalue weighted by molar-refractivity contribution is 5.41. The largest absolute Gasteiger partial charge is 0.497 e. The number of aryl methyl sites for hydroxylation is 1. The Morgan fingerprint density at radius 2 is 1.90 bits per heavy atom. The lowest BCUT2D eigenvalue weighted by Crippen LogP contribution is -2.19. The molecule has 2 aromatic rings. The third-order valence-electron chi connectivity index (χ3n) is 3.72. The summed E-state index contributed by atoms with van der Waals surface area (Å²) in [5.74, 6) is 1.60. The molecule has 2 aromatic carbocycles. The summed E-state index contributed by atoms with van der Waals surface area (Å²) in [6, 6.07) is 13.7. The molecule has 20 heavy (non-hydrogen) atoms. The average molecular weight is 270 g/mol. The first-order valence-electron chi connectivity index (χ1n) is 6.76. The van der Waals surface area contributed by atoms with Gasteiger partial charge in [-0.15, -0.1) is 0 Å². The maximum Gasteiger partial charge on any atom is 0.127 e. The zero-order valence-electron chi connectivity index (χ0n) is 11.7. The van der Waals surface area contributed by atoms with E-state index < -0.39 is 6.10 Å². The van der Waals surface area contributed by atoms with Crippen molar-refractivity contribution in [3.63, 3.8) is 0 Å². The van der Waals surface area contributed by atoms with E-state index in [9.17, 15) is 5.11 Å². The number of fused-ring (bicyclic) bond motifs is 1. The van der Waals surface area contributed by atoms with Crippen LogP contribution in [0.2, 0.25) is 0 Å². The van der Waals surface area contributed by atoms with E-state index in [1.54, 1.807) is 7.11 Å². The lowest BCUT2D eigenvalue weighted by atomic mass is 9.94. The topological polar surface area (TPSA) is 38.7 Å². The standard InChI is InChI=1S/C17H18O3/c1-11-3-8-14-15(18)10-16(20-17(14)9-11)12-4-6-13(19-2)7-5-12/h3-9,15-16,18H,10H2,1-2H3/t15-,16-/m1/s1. The number of ether oxygens (including phenoxy) is 2. The van der Waals surface area contributed by atoms with Crippen LogP contribution in [-0.2, 0) is 0 Å². The minimum Gasteiger partial charge on any atom is -0.497 e. The van der Waals surface area contributed by atoms with Crippen LogP contribution < -0.4 is 9.47 Å². The molecule has 0 bridgehead atoms. The molecule has 0 amide bonds. The number of aliphatic hydroxyl groups excluding tert-OH is 1. The molecule has 104 valence electrons. The van der Waals surface area contributed by atoms with Gasteiger partial charge in [-0.05, 0) is 36.2 Å². The average Bonchev–Trinajstić information content (AvgIpc) is 2.46. The van der Waals surface area contributed by atoms with Crippen LogP contribution in [0.3, 0.4) is 0 Å². The maximum absolute atomic E-state index is 10.3. The second-order valence-corrected chi connectivity index (χ2v) is 5.17. The minimum atomic E-state index is -0.480. The van der Waals surface area contributed by atoms with Crippen molar-refractivity contribution in [2.45, 2.75) is 25.6 Å². The molecule has 3 nitrogen and oxygen atoms in total.